The first-order chi connectivity index (χ1) is 9.69. The molecule has 0 radical (unpaired) electrons. The number of hydrogen-bond donors (Lipinski definition) is 1. The molecule has 0 fully saturated rings. The number of aryl methyl sites for hydroxylation is 1. The van der Waals surface area contributed by atoms with E-state index in [0.29, 0.717) is 23.6 Å². The van der Waals surface area contributed by atoms with E-state index in [0.717, 1.165) is 18.3 Å². The molecule has 0 unspecified atom stereocenters. The van der Waals surface area contributed by atoms with Crippen molar-refractivity contribution in [2.45, 2.75) is 12.8 Å². The molecule has 20 heavy (non-hydrogen) atoms. The molecule has 0 aliphatic rings. The van der Waals surface area contributed by atoms with E-state index in [1.807, 2.05) is 24.3 Å². The summed E-state index contributed by atoms with van der Waals surface area (Å²) < 4.78 is 5.54. The van der Waals surface area contributed by atoms with Gasteiger partial charge in [0.15, 0.2) is 0 Å². The summed E-state index contributed by atoms with van der Waals surface area (Å²) in [6.07, 6.45) is 3.50. The Morgan fingerprint density at radius 2 is 1.95 bits per heavy atom. The number of benzene rings is 1. The number of nitrogens with zero attached hydrogens (tertiary/aromatic N) is 1. The van der Waals surface area contributed by atoms with E-state index in [9.17, 15) is 9.59 Å². The van der Waals surface area contributed by atoms with Crippen molar-refractivity contribution in [2.75, 3.05) is 0 Å². The van der Waals surface area contributed by atoms with Crippen LogP contribution < -0.4 is 10.5 Å². The van der Waals surface area contributed by atoms with Crippen molar-refractivity contribution >= 4 is 12.2 Å². The van der Waals surface area contributed by atoms with Crippen LogP contribution in [0.1, 0.15) is 22.3 Å². The summed E-state index contributed by atoms with van der Waals surface area (Å²) in [5.41, 5.74) is 6.53. The Labute approximate surface area is 116 Å². The number of carbonyl (C=O) groups is 2. The van der Waals surface area contributed by atoms with Gasteiger partial charge in [0.2, 0.25) is 11.8 Å². The van der Waals surface area contributed by atoms with Crippen LogP contribution in [0, 0.1) is 0 Å². The van der Waals surface area contributed by atoms with E-state index in [-0.39, 0.29) is 0 Å². The van der Waals surface area contributed by atoms with Crippen LogP contribution in [0.3, 0.4) is 0 Å². The number of nitrogens with two attached hydrogens (primary N) is 1. The van der Waals surface area contributed by atoms with E-state index in [1.165, 1.54) is 6.20 Å². The topological polar surface area (TPSA) is 82.3 Å². The van der Waals surface area contributed by atoms with Crippen LogP contribution in [0.5, 0.6) is 11.6 Å². The van der Waals surface area contributed by atoms with Gasteiger partial charge in [0.25, 0.3) is 0 Å². The summed E-state index contributed by atoms with van der Waals surface area (Å²) in [5, 5.41) is 0. The zero-order valence-electron chi connectivity index (χ0n) is 10.8. The normalized spacial score (nSPS) is 10.0. The molecule has 1 heterocycles. The van der Waals surface area contributed by atoms with Crippen molar-refractivity contribution in [3.05, 3.63) is 53.7 Å². The van der Waals surface area contributed by atoms with Gasteiger partial charge in [-0.05, 0) is 30.2 Å². The van der Waals surface area contributed by atoms with Crippen LogP contribution in [-0.2, 0) is 11.2 Å². The number of pyridine rings is 1. The second-order valence-corrected chi connectivity index (χ2v) is 4.20. The standard InChI is InChI=1S/C15H14N2O3/c16-15(19)12-5-8-14(17-10-12)20-13-6-3-11(4-7-13)2-1-9-18/h3-10H,1-2H2,(H2,16,19). The highest BCUT2D eigenvalue weighted by atomic mass is 16.5. The van der Waals surface area contributed by atoms with Gasteiger partial charge in [-0.25, -0.2) is 4.98 Å². The van der Waals surface area contributed by atoms with E-state index in [4.69, 9.17) is 10.5 Å². The predicted molar refractivity (Wildman–Crippen MR) is 73.7 cm³/mol. The van der Waals surface area contributed by atoms with Crippen LogP contribution >= 0.6 is 0 Å². The molecule has 0 atom stereocenters. The fourth-order valence-electron chi connectivity index (χ4n) is 1.66. The highest BCUT2D eigenvalue weighted by molar-refractivity contribution is 5.92. The summed E-state index contributed by atoms with van der Waals surface area (Å²) in [6, 6.07) is 10.6. The number of carbonyl (C=O) groups excluding carboxylic acids is 2. The molecule has 1 amide bonds. The average molecular weight is 270 g/mol. The van der Waals surface area contributed by atoms with Gasteiger partial charge < -0.3 is 15.3 Å². The molecule has 5 heteroatoms. The Kier molecular flexibility index (Phi) is 4.44. The molecule has 2 N–H and O–H groups in total. The molecule has 1 aromatic heterocycles. The van der Waals surface area contributed by atoms with E-state index < -0.39 is 5.91 Å². The first-order valence-electron chi connectivity index (χ1n) is 6.15. The Morgan fingerprint density at radius 1 is 1.20 bits per heavy atom. The Hall–Kier alpha value is -2.69. The summed E-state index contributed by atoms with van der Waals surface area (Å²) in [7, 11) is 0. The van der Waals surface area contributed by atoms with Crippen LogP contribution in [0.25, 0.3) is 0 Å². The van der Waals surface area contributed by atoms with Crippen molar-refractivity contribution in [1.29, 1.82) is 0 Å². The molecule has 2 rings (SSSR count). The summed E-state index contributed by atoms with van der Waals surface area (Å²) >= 11 is 0. The number of aromatic nitrogens is 1. The van der Waals surface area contributed by atoms with Crippen molar-refractivity contribution in [1.82, 2.24) is 4.98 Å². The maximum absolute atomic E-state index is 10.9. The van der Waals surface area contributed by atoms with E-state index >= 15 is 0 Å². The fourth-order valence-corrected chi connectivity index (χ4v) is 1.66. The van der Waals surface area contributed by atoms with E-state index in [2.05, 4.69) is 4.98 Å². The molecule has 0 aliphatic carbocycles. The Bertz CT molecular complexity index is 592. The molecule has 2 aromatic rings. The van der Waals surface area contributed by atoms with Gasteiger partial charge in [0.1, 0.15) is 12.0 Å². The quantitative estimate of drug-likeness (QED) is 0.815. The van der Waals surface area contributed by atoms with Crippen LogP contribution in [-0.4, -0.2) is 17.2 Å². The van der Waals surface area contributed by atoms with Crippen molar-refractivity contribution in [3.8, 4) is 11.6 Å². The molecule has 5 nitrogen and oxygen atoms in total. The number of amides is 1. The molecule has 1 aromatic carbocycles. The number of hydrogen-bond acceptors (Lipinski definition) is 4. The predicted octanol–water partition coefficient (Wildman–Crippen LogP) is 2.10. The minimum Gasteiger partial charge on any atom is -0.439 e. The molecular weight excluding hydrogens is 256 g/mol. The third-order valence-electron chi connectivity index (χ3n) is 2.72. The van der Waals surface area contributed by atoms with Crippen molar-refractivity contribution in [2.24, 2.45) is 5.73 Å². The largest absolute Gasteiger partial charge is 0.439 e. The molecule has 0 saturated heterocycles. The van der Waals surface area contributed by atoms with Crippen LogP contribution in [0.15, 0.2) is 42.6 Å². The Balaban J connectivity index is 2.02. The number of primary amides is 1. The zero-order chi connectivity index (χ0) is 14.4. The van der Waals surface area contributed by atoms with Crippen molar-refractivity contribution in [3.63, 3.8) is 0 Å². The monoisotopic (exact) mass is 270 g/mol. The minimum absolute atomic E-state index is 0.335. The third kappa shape index (κ3) is 3.65. The summed E-state index contributed by atoms with van der Waals surface area (Å²) in [4.78, 5) is 25.2. The molecule has 0 bridgehead atoms. The average Bonchev–Trinajstić information content (AvgIpc) is 2.47. The fraction of sp³-hybridized carbons (Fsp3) is 0.133. The van der Waals surface area contributed by atoms with Gasteiger partial charge in [-0.3, -0.25) is 4.79 Å². The van der Waals surface area contributed by atoms with Gasteiger partial charge in [-0.2, -0.15) is 0 Å². The second-order valence-electron chi connectivity index (χ2n) is 4.20. The van der Waals surface area contributed by atoms with Gasteiger partial charge >= 0.3 is 0 Å². The SMILES string of the molecule is NC(=O)c1ccc(Oc2ccc(CCC=O)cc2)nc1. The van der Waals surface area contributed by atoms with Gasteiger partial charge in [0, 0.05) is 18.7 Å². The maximum Gasteiger partial charge on any atom is 0.250 e. The first-order valence-corrected chi connectivity index (χ1v) is 6.15. The second kappa shape index (κ2) is 6.47. The highest BCUT2D eigenvalue weighted by Crippen LogP contribution is 2.20. The first kappa shape index (κ1) is 13.7. The zero-order valence-corrected chi connectivity index (χ0v) is 10.8. The molecule has 0 saturated carbocycles. The highest BCUT2D eigenvalue weighted by Gasteiger charge is 2.03. The minimum atomic E-state index is -0.524. The molecule has 0 aliphatic heterocycles. The number of aldehydes is 1. The smallest absolute Gasteiger partial charge is 0.250 e. The lowest BCUT2D eigenvalue weighted by molar-refractivity contribution is -0.107. The van der Waals surface area contributed by atoms with Gasteiger partial charge in [-0.1, -0.05) is 12.1 Å². The van der Waals surface area contributed by atoms with Crippen LogP contribution in [0.2, 0.25) is 0 Å². The maximum atomic E-state index is 10.9. The van der Waals surface area contributed by atoms with Crippen molar-refractivity contribution < 1.29 is 14.3 Å². The van der Waals surface area contributed by atoms with Crippen LogP contribution in [0.4, 0.5) is 0 Å². The number of rotatable bonds is 6. The summed E-state index contributed by atoms with van der Waals surface area (Å²) in [5.74, 6) is 0.499. The Morgan fingerprint density at radius 3 is 2.50 bits per heavy atom. The molecule has 0 spiro atoms. The van der Waals surface area contributed by atoms with Gasteiger partial charge in [-0.15, -0.1) is 0 Å². The summed E-state index contributed by atoms with van der Waals surface area (Å²) in [6.45, 7) is 0. The lowest BCUT2D eigenvalue weighted by atomic mass is 10.1. The molecule has 102 valence electrons. The number of ether oxygens (including phenoxy) is 1. The van der Waals surface area contributed by atoms with E-state index in [1.54, 1.807) is 12.1 Å². The third-order valence-corrected chi connectivity index (χ3v) is 2.72. The lowest BCUT2D eigenvalue weighted by Crippen LogP contribution is -2.10. The molecular formula is C15H14N2O3. The van der Waals surface area contributed by atoms with Gasteiger partial charge in [0.05, 0.1) is 5.56 Å². The lowest BCUT2D eigenvalue weighted by Gasteiger charge is -2.05.